The van der Waals surface area contributed by atoms with E-state index in [1.165, 1.54) is 19.2 Å². The van der Waals surface area contributed by atoms with Crippen molar-refractivity contribution in [2.24, 2.45) is 5.73 Å². The number of phenols is 1. The number of amides is 1. The molecule has 2 rings (SSSR count). The van der Waals surface area contributed by atoms with E-state index in [0.717, 1.165) is 19.3 Å². The highest BCUT2D eigenvalue weighted by atomic mass is 35.5. The maximum Gasteiger partial charge on any atom is 0.255 e. The van der Waals surface area contributed by atoms with Gasteiger partial charge in [-0.1, -0.05) is 0 Å². The summed E-state index contributed by atoms with van der Waals surface area (Å²) in [7, 11) is 1.51. The number of methoxy groups -OCH3 is 1. The van der Waals surface area contributed by atoms with Gasteiger partial charge in [0.05, 0.1) is 12.7 Å². The standard InChI is InChI=1S/C13H18N2O3.ClH/c1-18-9-3-4-11(16)10(7-9)12(17)15-8-13(14)5-2-6-13;/h3-4,7,16H,2,5-6,8,14H2,1H3,(H,15,17);1H. The maximum absolute atomic E-state index is 11.9. The largest absolute Gasteiger partial charge is 0.507 e. The van der Waals surface area contributed by atoms with Crippen LogP contribution in [-0.4, -0.2) is 30.2 Å². The third-order valence-corrected chi connectivity index (χ3v) is 3.40. The molecule has 0 bridgehead atoms. The Labute approximate surface area is 118 Å². The minimum Gasteiger partial charge on any atom is -0.507 e. The van der Waals surface area contributed by atoms with Crippen LogP contribution in [0.1, 0.15) is 29.6 Å². The fourth-order valence-electron chi connectivity index (χ4n) is 1.98. The number of benzene rings is 1. The van der Waals surface area contributed by atoms with Gasteiger partial charge in [0.1, 0.15) is 11.5 Å². The highest BCUT2D eigenvalue weighted by Gasteiger charge is 2.32. The Kier molecular flexibility index (Phi) is 5.03. The van der Waals surface area contributed by atoms with Gasteiger partial charge in [0.25, 0.3) is 5.91 Å². The van der Waals surface area contributed by atoms with Crippen LogP contribution in [0.15, 0.2) is 18.2 Å². The van der Waals surface area contributed by atoms with E-state index in [1.807, 2.05) is 0 Å². The fraction of sp³-hybridized carbons (Fsp3) is 0.462. The maximum atomic E-state index is 11.9. The number of ether oxygens (including phenoxy) is 1. The Morgan fingerprint density at radius 1 is 1.53 bits per heavy atom. The van der Waals surface area contributed by atoms with E-state index in [4.69, 9.17) is 10.5 Å². The van der Waals surface area contributed by atoms with Gasteiger partial charge in [-0.15, -0.1) is 12.4 Å². The average Bonchev–Trinajstić information content (AvgIpc) is 2.34. The zero-order valence-corrected chi connectivity index (χ0v) is 11.6. The van der Waals surface area contributed by atoms with Crippen LogP contribution in [-0.2, 0) is 0 Å². The number of carbonyl (C=O) groups excluding carboxylic acids is 1. The number of rotatable bonds is 4. The van der Waals surface area contributed by atoms with E-state index in [1.54, 1.807) is 6.07 Å². The summed E-state index contributed by atoms with van der Waals surface area (Å²) in [6.45, 7) is 0.433. The van der Waals surface area contributed by atoms with Crippen molar-refractivity contribution in [3.05, 3.63) is 23.8 Å². The quantitative estimate of drug-likeness (QED) is 0.782. The molecule has 1 saturated carbocycles. The predicted octanol–water partition coefficient (Wildman–Crippen LogP) is 1.43. The number of hydrogen-bond donors (Lipinski definition) is 3. The van der Waals surface area contributed by atoms with E-state index in [2.05, 4.69) is 5.32 Å². The minimum atomic E-state index is -0.330. The molecule has 1 aliphatic rings. The molecule has 0 atom stereocenters. The van der Waals surface area contributed by atoms with Gasteiger partial charge in [-0.3, -0.25) is 4.79 Å². The molecule has 4 N–H and O–H groups in total. The van der Waals surface area contributed by atoms with Crippen molar-refractivity contribution in [3.8, 4) is 11.5 Å². The molecule has 5 nitrogen and oxygen atoms in total. The zero-order chi connectivity index (χ0) is 13.2. The summed E-state index contributed by atoms with van der Waals surface area (Å²) in [6, 6.07) is 4.55. The number of hydrogen-bond acceptors (Lipinski definition) is 4. The summed E-state index contributed by atoms with van der Waals surface area (Å²) >= 11 is 0. The summed E-state index contributed by atoms with van der Waals surface area (Å²) in [5.74, 6) is 0.139. The normalized spacial score (nSPS) is 15.9. The molecule has 1 aromatic carbocycles. The van der Waals surface area contributed by atoms with E-state index < -0.39 is 0 Å². The van der Waals surface area contributed by atoms with Crippen LogP contribution in [0.25, 0.3) is 0 Å². The molecular weight excluding hydrogens is 268 g/mol. The highest BCUT2D eigenvalue weighted by molar-refractivity contribution is 5.97. The number of nitrogens with one attached hydrogen (secondary N) is 1. The summed E-state index contributed by atoms with van der Waals surface area (Å²) < 4.78 is 5.02. The molecule has 0 aromatic heterocycles. The Morgan fingerprint density at radius 2 is 2.21 bits per heavy atom. The van der Waals surface area contributed by atoms with Crippen molar-refractivity contribution >= 4 is 18.3 Å². The van der Waals surface area contributed by atoms with Crippen LogP contribution in [0.3, 0.4) is 0 Å². The molecule has 0 heterocycles. The SMILES string of the molecule is COc1ccc(O)c(C(=O)NCC2(N)CCC2)c1.Cl. The predicted molar refractivity (Wildman–Crippen MR) is 75.0 cm³/mol. The molecule has 0 unspecified atom stereocenters. The number of carbonyl (C=O) groups is 1. The molecule has 0 aliphatic heterocycles. The zero-order valence-electron chi connectivity index (χ0n) is 10.8. The van der Waals surface area contributed by atoms with Crippen LogP contribution in [0.5, 0.6) is 11.5 Å². The van der Waals surface area contributed by atoms with Gasteiger partial charge in [0, 0.05) is 12.1 Å². The van der Waals surface area contributed by atoms with Gasteiger partial charge < -0.3 is 20.9 Å². The Morgan fingerprint density at radius 3 is 2.74 bits per heavy atom. The lowest BCUT2D eigenvalue weighted by Crippen LogP contribution is -2.54. The lowest BCUT2D eigenvalue weighted by atomic mass is 9.78. The Bertz CT molecular complexity index is 461. The molecule has 0 spiro atoms. The molecule has 0 saturated heterocycles. The molecule has 1 fully saturated rings. The summed E-state index contributed by atoms with van der Waals surface area (Å²) in [6.07, 6.45) is 2.96. The number of nitrogens with two attached hydrogens (primary N) is 1. The van der Waals surface area contributed by atoms with Gasteiger partial charge in [0.15, 0.2) is 0 Å². The third kappa shape index (κ3) is 3.52. The van der Waals surface area contributed by atoms with Crippen molar-refractivity contribution < 1.29 is 14.6 Å². The molecule has 0 radical (unpaired) electrons. The number of halogens is 1. The molecular formula is C13H19ClN2O3. The van der Waals surface area contributed by atoms with Crippen LogP contribution in [0.4, 0.5) is 0 Å². The first-order valence-corrected chi connectivity index (χ1v) is 5.98. The molecule has 106 valence electrons. The Hall–Kier alpha value is -1.46. The fourth-order valence-corrected chi connectivity index (χ4v) is 1.98. The second kappa shape index (κ2) is 6.12. The van der Waals surface area contributed by atoms with Crippen LogP contribution < -0.4 is 15.8 Å². The van der Waals surface area contributed by atoms with E-state index >= 15 is 0 Å². The molecule has 19 heavy (non-hydrogen) atoms. The van der Waals surface area contributed by atoms with Gasteiger partial charge in [-0.2, -0.15) is 0 Å². The number of aromatic hydroxyl groups is 1. The second-order valence-corrected chi connectivity index (χ2v) is 4.78. The molecule has 1 aromatic rings. The Balaban J connectivity index is 0.00000180. The summed E-state index contributed by atoms with van der Waals surface area (Å²) in [5, 5.41) is 12.4. The minimum absolute atomic E-state index is 0. The third-order valence-electron chi connectivity index (χ3n) is 3.40. The average molecular weight is 287 g/mol. The lowest BCUT2D eigenvalue weighted by Gasteiger charge is -2.38. The van der Waals surface area contributed by atoms with Gasteiger partial charge >= 0.3 is 0 Å². The van der Waals surface area contributed by atoms with Gasteiger partial charge in [0.2, 0.25) is 0 Å². The van der Waals surface area contributed by atoms with Crippen LogP contribution in [0.2, 0.25) is 0 Å². The molecule has 1 amide bonds. The molecule has 6 heteroatoms. The van der Waals surface area contributed by atoms with E-state index in [0.29, 0.717) is 12.3 Å². The topological polar surface area (TPSA) is 84.6 Å². The van der Waals surface area contributed by atoms with Crippen molar-refractivity contribution in [3.63, 3.8) is 0 Å². The lowest BCUT2D eigenvalue weighted by molar-refractivity contribution is 0.0926. The molecule has 1 aliphatic carbocycles. The smallest absolute Gasteiger partial charge is 0.255 e. The highest BCUT2D eigenvalue weighted by Crippen LogP contribution is 2.28. The first kappa shape index (κ1) is 15.6. The van der Waals surface area contributed by atoms with Gasteiger partial charge in [-0.05, 0) is 37.5 Å². The first-order chi connectivity index (χ1) is 8.54. The van der Waals surface area contributed by atoms with Gasteiger partial charge in [-0.25, -0.2) is 0 Å². The van der Waals surface area contributed by atoms with Crippen molar-refractivity contribution in [1.29, 1.82) is 0 Å². The summed E-state index contributed by atoms with van der Waals surface area (Å²) in [4.78, 5) is 11.9. The van der Waals surface area contributed by atoms with Crippen molar-refractivity contribution in [2.75, 3.05) is 13.7 Å². The monoisotopic (exact) mass is 286 g/mol. The first-order valence-electron chi connectivity index (χ1n) is 5.98. The van der Waals surface area contributed by atoms with Crippen LogP contribution >= 0.6 is 12.4 Å². The number of phenolic OH excluding ortho intramolecular Hbond substituents is 1. The summed E-state index contributed by atoms with van der Waals surface area (Å²) in [5.41, 5.74) is 5.95. The van der Waals surface area contributed by atoms with Crippen molar-refractivity contribution in [1.82, 2.24) is 5.32 Å². The van der Waals surface area contributed by atoms with E-state index in [-0.39, 0.29) is 35.2 Å². The second-order valence-electron chi connectivity index (χ2n) is 4.78. The van der Waals surface area contributed by atoms with Crippen molar-refractivity contribution in [2.45, 2.75) is 24.8 Å². The van der Waals surface area contributed by atoms with Crippen LogP contribution in [0, 0.1) is 0 Å². The van der Waals surface area contributed by atoms with E-state index in [9.17, 15) is 9.90 Å².